The molecule has 0 aromatic heterocycles. The molecule has 5 heteroatoms. The summed E-state index contributed by atoms with van der Waals surface area (Å²) in [5, 5.41) is 0. The Hall–Kier alpha value is 0.171. The molecule has 0 fully saturated rings. The van der Waals surface area contributed by atoms with Crippen LogP contribution in [0.15, 0.2) is 51.9 Å². The molecule has 0 spiro atoms. The predicted molar refractivity (Wildman–Crippen MR) is 74.4 cm³/mol. The second kappa shape index (κ2) is 8.57. The standard InChI is InChI=1S/C15H19OSi.2ClH.Ti/c1-17(2,3)16-15(14-11-7-8-12-14)13-9-5-4-6-10-13;;;/h4-7,9-11,15H,8H2,1-3H3;2*1H;/q;;;+2/p-2. The number of hydrogen-bond acceptors (Lipinski definition) is 1. The Bertz CT molecular complexity index is 480. The Kier molecular flexibility index (Phi) is 8.65. The molecule has 0 amide bonds. The fourth-order valence-electron chi connectivity index (χ4n) is 2.06. The minimum atomic E-state index is -1.57. The molecule has 1 aromatic carbocycles. The van der Waals surface area contributed by atoms with Gasteiger partial charge in [0, 0.05) is 0 Å². The maximum absolute atomic E-state index is 6.41. The number of hydrogen-bond donors (Lipinski definition) is 0. The van der Waals surface area contributed by atoms with Gasteiger partial charge >= 0.3 is 123 Å². The first kappa shape index (κ1) is 20.2. The molecule has 1 aliphatic carbocycles. The van der Waals surface area contributed by atoms with Gasteiger partial charge in [-0.2, -0.15) is 0 Å². The van der Waals surface area contributed by atoms with Crippen molar-refractivity contribution in [3.63, 3.8) is 0 Å². The summed E-state index contributed by atoms with van der Waals surface area (Å²) in [7, 11) is -1.57. The normalized spacial score (nSPS) is 15.7. The third kappa shape index (κ3) is 5.51. The molecule has 0 radical (unpaired) electrons. The van der Waals surface area contributed by atoms with E-state index < -0.39 is 8.32 Å². The maximum atomic E-state index is 6.41. The number of rotatable bonds is 4. The number of halogens is 2. The van der Waals surface area contributed by atoms with Crippen LogP contribution in [0.5, 0.6) is 0 Å². The molecule has 1 atom stereocenters. The third-order valence-corrected chi connectivity index (χ3v) is 4.54. The second-order valence-electron chi connectivity index (χ2n) is 5.56. The van der Waals surface area contributed by atoms with Gasteiger partial charge < -0.3 is 24.8 Å². The predicted octanol–water partition coefficient (Wildman–Crippen LogP) is -1.65. The van der Waals surface area contributed by atoms with Crippen molar-refractivity contribution in [3.05, 3.63) is 57.5 Å². The van der Waals surface area contributed by atoms with Crippen molar-refractivity contribution < 1.29 is 49.7 Å². The largest absolute Gasteiger partial charge is 1.00 e. The van der Waals surface area contributed by atoms with E-state index in [2.05, 4.69) is 82.6 Å². The van der Waals surface area contributed by atoms with Crippen molar-refractivity contribution in [2.75, 3.05) is 0 Å². The van der Waals surface area contributed by atoms with Crippen LogP contribution in [-0.4, -0.2) is 8.32 Å². The van der Waals surface area contributed by atoms with E-state index in [9.17, 15) is 0 Å². The maximum Gasteiger partial charge on any atom is -1.00 e. The SMILES string of the molecule is C[Si](C)(C)OC(C1=[C]([Ti+2])CC=C1)c1ccccc1.[Cl-].[Cl-]. The molecule has 1 unspecified atom stereocenters. The minimum absolute atomic E-state index is 0. The molecule has 0 saturated carbocycles. The minimum Gasteiger partial charge on any atom is -1.00 e. The summed E-state index contributed by atoms with van der Waals surface area (Å²) in [5.41, 5.74) is 2.62. The van der Waals surface area contributed by atoms with E-state index in [1.807, 2.05) is 0 Å². The van der Waals surface area contributed by atoms with Gasteiger partial charge in [-0.25, -0.2) is 0 Å². The molecule has 1 nitrogen and oxygen atoms in total. The molecule has 1 aromatic rings. The van der Waals surface area contributed by atoms with Crippen LogP contribution >= 0.6 is 0 Å². The topological polar surface area (TPSA) is 9.23 Å². The van der Waals surface area contributed by atoms with Gasteiger partial charge in [-0.3, -0.25) is 0 Å². The first-order chi connectivity index (χ1) is 8.47. The summed E-state index contributed by atoms with van der Waals surface area (Å²) in [6.07, 6.45) is 5.63. The van der Waals surface area contributed by atoms with Crippen LogP contribution in [0.4, 0.5) is 0 Å². The molecular weight excluding hydrogens is 343 g/mol. The van der Waals surface area contributed by atoms with Crippen LogP contribution in [0.3, 0.4) is 0 Å². The van der Waals surface area contributed by atoms with Crippen LogP contribution in [0, 0.1) is 0 Å². The molecule has 0 N–H and O–H groups in total. The average molecular weight is 362 g/mol. The zero-order valence-electron chi connectivity index (χ0n) is 12.0. The molecular formula is C15H19Cl2OSiTi. The van der Waals surface area contributed by atoms with E-state index in [-0.39, 0.29) is 30.9 Å². The van der Waals surface area contributed by atoms with Crippen LogP contribution in [0.1, 0.15) is 18.1 Å². The monoisotopic (exact) mass is 361 g/mol. The summed E-state index contributed by atoms with van der Waals surface area (Å²) in [5.74, 6) is 0. The second-order valence-corrected chi connectivity index (χ2v) is 11.0. The van der Waals surface area contributed by atoms with Crippen LogP contribution in [0.25, 0.3) is 0 Å². The Balaban J connectivity index is 0.00000180. The average Bonchev–Trinajstić information content (AvgIpc) is 2.72. The van der Waals surface area contributed by atoms with Crippen molar-refractivity contribution in [1.29, 1.82) is 0 Å². The van der Waals surface area contributed by atoms with E-state index in [0.29, 0.717) is 0 Å². The van der Waals surface area contributed by atoms with Crippen LogP contribution < -0.4 is 24.8 Å². The smallest absolute Gasteiger partial charge is 1.00 e. The van der Waals surface area contributed by atoms with Crippen LogP contribution in [-0.2, 0) is 24.9 Å². The van der Waals surface area contributed by atoms with Gasteiger partial charge in [-0.05, 0) is 0 Å². The number of allylic oxidation sites excluding steroid dienone is 2. The summed E-state index contributed by atoms with van der Waals surface area (Å²) in [6, 6.07) is 10.6. The Labute approximate surface area is 147 Å². The summed E-state index contributed by atoms with van der Waals surface area (Å²) < 4.78 is 7.84. The molecule has 0 bridgehead atoms. The first-order valence-corrected chi connectivity index (χ1v) is 10.5. The van der Waals surface area contributed by atoms with Gasteiger partial charge in [0.1, 0.15) is 0 Å². The van der Waals surface area contributed by atoms with Crippen molar-refractivity contribution in [2.45, 2.75) is 32.2 Å². The van der Waals surface area contributed by atoms with Crippen molar-refractivity contribution in [2.24, 2.45) is 0 Å². The van der Waals surface area contributed by atoms with Gasteiger partial charge in [-0.1, -0.05) is 0 Å². The molecule has 2 rings (SSSR count). The fraction of sp³-hybridized carbons (Fsp3) is 0.333. The molecule has 0 heterocycles. The quantitative estimate of drug-likeness (QED) is 0.584. The Morgan fingerprint density at radius 3 is 2.15 bits per heavy atom. The molecule has 0 saturated heterocycles. The van der Waals surface area contributed by atoms with Crippen molar-refractivity contribution >= 4 is 8.32 Å². The van der Waals surface area contributed by atoms with Gasteiger partial charge in [-0.15, -0.1) is 0 Å². The van der Waals surface area contributed by atoms with E-state index in [4.69, 9.17) is 4.43 Å². The third-order valence-electron chi connectivity index (χ3n) is 2.82. The molecule has 107 valence electrons. The van der Waals surface area contributed by atoms with Crippen molar-refractivity contribution in [3.8, 4) is 0 Å². The zero-order chi connectivity index (χ0) is 13.2. The van der Waals surface area contributed by atoms with Crippen molar-refractivity contribution in [1.82, 2.24) is 0 Å². The van der Waals surface area contributed by atoms with Gasteiger partial charge in [0.25, 0.3) is 0 Å². The first-order valence-electron chi connectivity index (χ1n) is 6.31. The zero-order valence-corrected chi connectivity index (χ0v) is 16.1. The molecule has 0 aliphatic heterocycles. The summed E-state index contributed by atoms with van der Waals surface area (Å²) in [4.78, 5) is 0. The van der Waals surface area contributed by atoms with Gasteiger partial charge in [0.15, 0.2) is 0 Å². The van der Waals surface area contributed by atoms with Gasteiger partial charge in [0.2, 0.25) is 0 Å². The summed E-state index contributed by atoms with van der Waals surface area (Å²) in [6.45, 7) is 6.74. The summed E-state index contributed by atoms with van der Waals surface area (Å²) >= 11 is 2.21. The van der Waals surface area contributed by atoms with Gasteiger partial charge in [0.05, 0.1) is 0 Å². The van der Waals surface area contributed by atoms with Crippen LogP contribution in [0.2, 0.25) is 19.6 Å². The van der Waals surface area contributed by atoms with E-state index in [1.165, 1.54) is 15.0 Å². The Morgan fingerprint density at radius 1 is 1.10 bits per heavy atom. The molecule has 20 heavy (non-hydrogen) atoms. The van der Waals surface area contributed by atoms with E-state index >= 15 is 0 Å². The fourth-order valence-corrected chi connectivity index (χ4v) is 3.55. The van der Waals surface area contributed by atoms with E-state index in [0.717, 1.165) is 6.42 Å². The Morgan fingerprint density at radius 2 is 1.70 bits per heavy atom. The van der Waals surface area contributed by atoms with E-state index in [1.54, 1.807) is 0 Å². The number of benzene rings is 1. The molecule has 1 aliphatic rings.